The van der Waals surface area contributed by atoms with Crippen molar-refractivity contribution in [3.8, 4) is 0 Å². The fourth-order valence-electron chi connectivity index (χ4n) is 6.27. The molecule has 176 valence electrons. The lowest BCUT2D eigenvalue weighted by atomic mass is 9.93. The van der Waals surface area contributed by atoms with Crippen molar-refractivity contribution in [2.75, 3.05) is 62.2 Å². The average Bonchev–Trinajstić information content (AvgIpc) is 2.89. The Morgan fingerprint density at radius 2 is 1.44 bits per heavy atom. The van der Waals surface area contributed by atoms with Gasteiger partial charge in [0.25, 0.3) is 0 Å². The summed E-state index contributed by atoms with van der Waals surface area (Å²) < 4.78 is 0. The van der Waals surface area contributed by atoms with Crippen molar-refractivity contribution in [1.29, 1.82) is 0 Å². The lowest BCUT2D eigenvalue weighted by molar-refractivity contribution is -0.138. The van der Waals surface area contributed by atoms with Gasteiger partial charge in [0, 0.05) is 64.3 Å². The number of hydrogen-bond donors (Lipinski definition) is 0. The van der Waals surface area contributed by atoms with Gasteiger partial charge in [-0.3, -0.25) is 9.69 Å². The maximum Gasteiger partial charge on any atom is 0.225 e. The molecule has 7 heteroatoms. The van der Waals surface area contributed by atoms with Crippen LogP contribution < -0.4 is 9.80 Å². The highest BCUT2D eigenvalue weighted by atomic mass is 16.2. The maximum absolute atomic E-state index is 13.2. The highest BCUT2D eigenvalue weighted by molar-refractivity contribution is 5.79. The van der Waals surface area contributed by atoms with E-state index in [9.17, 15) is 4.79 Å². The summed E-state index contributed by atoms with van der Waals surface area (Å²) in [6.45, 7) is 7.99. The van der Waals surface area contributed by atoms with E-state index in [0.717, 1.165) is 82.7 Å². The van der Waals surface area contributed by atoms with Crippen LogP contribution in [0.4, 0.5) is 11.5 Å². The SMILES string of the molecule is O=C(C1CCN(c2cncnc2N2CCCCC2)CC1)N1CCN(C2CCCCC2)CC1. The normalized spacial score (nSPS) is 24.7. The average molecular weight is 441 g/mol. The topological polar surface area (TPSA) is 55.8 Å². The van der Waals surface area contributed by atoms with Gasteiger partial charge >= 0.3 is 0 Å². The molecule has 0 N–H and O–H groups in total. The van der Waals surface area contributed by atoms with Gasteiger partial charge in [-0.2, -0.15) is 0 Å². The Hall–Kier alpha value is -1.89. The van der Waals surface area contributed by atoms with Gasteiger partial charge in [0.15, 0.2) is 5.82 Å². The highest BCUT2D eigenvalue weighted by Gasteiger charge is 2.33. The molecule has 3 aliphatic heterocycles. The molecule has 5 rings (SSSR count). The highest BCUT2D eigenvalue weighted by Crippen LogP contribution is 2.32. The van der Waals surface area contributed by atoms with Crippen LogP contribution in [0.5, 0.6) is 0 Å². The van der Waals surface area contributed by atoms with Gasteiger partial charge in [0.05, 0.1) is 11.9 Å². The number of piperidine rings is 2. The monoisotopic (exact) mass is 440 g/mol. The van der Waals surface area contributed by atoms with Gasteiger partial charge in [-0.05, 0) is 44.9 Å². The van der Waals surface area contributed by atoms with Crippen LogP contribution in [0.1, 0.15) is 64.2 Å². The van der Waals surface area contributed by atoms with Crippen LogP contribution in [0, 0.1) is 5.92 Å². The number of anilines is 2. The molecule has 32 heavy (non-hydrogen) atoms. The van der Waals surface area contributed by atoms with E-state index in [1.54, 1.807) is 6.33 Å². The fraction of sp³-hybridized carbons (Fsp3) is 0.800. The number of nitrogens with zero attached hydrogens (tertiary/aromatic N) is 6. The van der Waals surface area contributed by atoms with Crippen molar-refractivity contribution in [3.63, 3.8) is 0 Å². The summed E-state index contributed by atoms with van der Waals surface area (Å²) >= 11 is 0. The second-order valence-corrected chi connectivity index (χ2v) is 10.2. The number of carbonyl (C=O) groups is 1. The molecule has 0 bridgehead atoms. The molecular formula is C25H40N6O. The van der Waals surface area contributed by atoms with Gasteiger partial charge in [0.1, 0.15) is 6.33 Å². The van der Waals surface area contributed by atoms with E-state index in [2.05, 4.69) is 29.6 Å². The number of amides is 1. The summed E-state index contributed by atoms with van der Waals surface area (Å²) in [5.74, 6) is 1.66. The zero-order chi connectivity index (χ0) is 21.8. The van der Waals surface area contributed by atoms with Crippen molar-refractivity contribution in [3.05, 3.63) is 12.5 Å². The Bertz CT molecular complexity index is 745. The Labute approximate surface area is 193 Å². The number of rotatable bonds is 4. The Morgan fingerprint density at radius 1 is 0.750 bits per heavy atom. The summed E-state index contributed by atoms with van der Waals surface area (Å²) in [4.78, 5) is 31.9. The minimum atomic E-state index is 0.176. The first-order valence-corrected chi connectivity index (χ1v) is 13.1. The summed E-state index contributed by atoms with van der Waals surface area (Å²) in [5.41, 5.74) is 1.15. The van der Waals surface area contributed by atoms with Gasteiger partial charge in [0.2, 0.25) is 5.91 Å². The quantitative estimate of drug-likeness (QED) is 0.717. The molecule has 3 saturated heterocycles. The summed E-state index contributed by atoms with van der Waals surface area (Å²) in [5, 5.41) is 0. The zero-order valence-corrected chi connectivity index (χ0v) is 19.6. The van der Waals surface area contributed by atoms with Gasteiger partial charge in [-0.15, -0.1) is 0 Å². The molecule has 0 aromatic carbocycles. The maximum atomic E-state index is 13.2. The largest absolute Gasteiger partial charge is 0.367 e. The number of hydrogen-bond acceptors (Lipinski definition) is 6. The third-order valence-corrected chi connectivity index (χ3v) is 8.23. The molecule has 1 aromatic heterocycles. The molecule has 0 radical (unpaired) electrons. The third kappa shape index (κ3) is 4.87. The van der Waals surface area contributed by atoms with E-state index >= 15 is 0 Å². The minimum Gasteiger partial charge on any atom is -0.367 e. The molecule has 7 nitrogen and oxygen atoms in total. The van der Waals surface area contributed by atoms with E-state index in [4.69, 9.17) is 0 Å². The van der Waals surface area contributed by atoms with Crippen LogP contribution in [0.3, 0.4) is 0 Å². The zero-order valence-electron chi connectivity index (χ0n) is 19.6. The first-order valence-electron chi connectivity index (χ1n) is 13.1. The standard InChI is InChI=1S/C25H40N6O/c32-25(31-17-15-28(16-18-31)22-7-3-1-4-8-22)21-9-13-29(14-10-21)23-19-26-20-27-24(23)30-11-5-2-6-12-30/h19-22H,1-18H2. The molecule has 0 unspecified atom stereocenters. The molecule has 4 aliphatic rings. The molecule has 1 saturated carbocycles. The second-order valence-electron chi connectivity index (χ2n) is 10.2. The van der Waals surface area contributed by atoms with E-state index in [-0.39, 0.29) is 5.92 Å². The lowest BCUT2D eigenvalue weighted by Crippen LogP contribution is -2.54. The van der Waals surface area contributed by atoms with Gasteiger partial charge in [-0.1, -0.05) is 19.3 Å². The minimum absolute atomic E-state index is 0.176. The van der Waals surface area contributed by atoms with Crippen LogP contribution in [-0.2, 0) is 4.79 Å². The van der Waals surface area contributed by atoms with Crippen molar-refractivity contribution in [1.82, 2.24) is 19.8 Å². The number of piperazine rings is 1. The van der Waals surface area contributed by atoms with Crippen molar-refractivity contribution in [2.24, 2.45) is 5.92 Å². The summed E-state index contributed by atoms with van der Waals surface area (Å²) in [6, 6.07) is 0.770. The smallest absolute Gasteiger partial charge is 0.225 e. The van der Waals surface area contributed by atoms with E-state index in [0.29, 0.717) is 5.91 Å². The number of aromatic nitrogens is 2. The van der Waals surface area contributed by atoms with Gasteiger partial charge in [-0.25, -0.2) is 9.97 Å². The molecular weight excluding hydrogens is 400 g/mol. The Morgan fingerprint density at radius 3 is 2.16 bits per heavy atom. The van der Waals surface area contributed by atoms with Crippen LogP contribution in [0.15, 0.2) is 12.5 Å². The Balaban J connectivity index is 1.13. The second kappa shape index (κ2) is 10.4. The first-order chi connectivity index (χ1) is 15.8. The molecule has 1 aromatic rings. The molecule has 1 amide bonds. The lowest BCUT2D eigenvalue weighted by Gasteiger charge is -2.42. The molecule has 4 fully saturated rings. The number of carbonyl (C=O) groups excluding carboxylic acids is 1. The summed E-state index contributed by atoms with van der Waals surface area (Å²) in [7, 11) is 0. The van der Waals surface area contributed by atoms with Crippen molar-refractivity contribution < 1.29 is 4.79 Å². The third-order valence-electron chi connectivity index (χ3n) is 8.23. The van der Waals surface area contributed by atoms with Crippen LogP contribution >= 0.6 is 0 Å². The summed E-state index contributed by atoms with van der Waals surface area (Å²) in [6.07, 6.45) is 16.2. The predicted octanol–water partition coefficient (Wildman–Crippen LogP) is 3.16. The van der Waals surface area contributed by atoms with E-state index in [1.165, 1.54) is 51.4 Å². The molecule has 4 heterocycles. The van der Waals surface area contributed by atoms with Crippen molar-refractivity contribution in [2.45, 2.75) is 70.3 Å². The molecule has 0 atom stereocenters. The first kappa shape index (κ1) is 21.9. The van der Waals surface area contributed by atoms with E-state index < -0.39 is 0 Å². The molecule has 0 spiro atoms. The van der Waals surface area contributed by atoms with Crippen molar-refractivity contribution >= 4 is 17.4 Å². The molecule has 1 aliphatic carbocycles. The fourth-order valence-corrected chi connectivity index (χ4v) is 6.27. The van der Waals surface area contributed by atoms with Gasteiger partial charge < -0.3 is 14.7 Å². The predicted molar refractivity (Wildman–Crippen MR) is 128 cm³/mol. The Kier molecular flexibility index (Phi) is 7.10. The van der Waals surface area contributed by atoms with E-state index in [1.807, 2.05) is 6.20 Å². The van der Waals surface area contributed by atoms with Crippen LogP contribution in [-0.4, -0.2) is 84.1 Å². The van der Waals surface area contributed by atoms with Crippen LogP contribution in [0.2, 0.25) is 0 Å². The van der Waals surface area contributed by atoms with Crippen LogP contribution in [0.25, 0.3) is 0 Å².